The Morgan fingerprint density at radius 3 is 2.59 bits per heavy atom. The van der Waals surface area contributed by atoms with Gasteiger partial charge in [0.1, 0.15) is 0 Å². The lowest BCUT2D eigenvalue weighted by Crippen LogP contribution is -2.43. The van der Waals surface area contributed by atoms with E-state index in [1.807, 2.05) is 25.1 Å². The maximum absolute atomic E-state index is 12.0. The second kappa shape index (κ2) is 7.58. The van der Waals surface area contributed by atoms with E-state index in [1.165, 1.54) is 0 Å². The highest BCUT2D eigenvalue weighted by atomic mass is 79.9. The molecule has 0 atom stereocenters. The molecule has 2 rings (SSSR count). The smallest absolute Gasteiger partial charge is 0.270 e. The Balaban J connectivity index is 1.91. The number of carbonyl (C=O) groups excluding carboxylic acids is 1. The van der Waals surface area contributed by atoms with Crippen molar-refractivity contribution in [3.8, 4) is 0 Å². The lowest BCUT2D eigenvalue weighted by atomic mass is 10.2. The van der Waals surface area contributed by atoms with Crippen molar-refractivity contribution < 1.29 is 4.79 Å². The Kier molecular flexibility index (Phi) is 5.76. The number of benzene rings is 2. The number of halogens is 2. The number of aryl methyl sites for hydroxylation is 1. The monoisotopic (exact) mass is 397 g/mol. The predicted molar refractivity (Wildman–Crippen MR) is 97.2 cm³/mol. The average Bonchev–Trinajstić information content (AvgIpc) is 2.49. The standard InChI is InChI=1S/C15H13BrClN3OS/c1-9-6-7-10(8-13(9)17)18-15(22)20-19-14(21)11-4-2-3-5-12(11)16/h2-8H,1H3,(H,19,21)(H2,18,20,22). The molecule has 0 bridgehead atoms. The Hall–Kier alpha value is -1.63. The molecule has 0 heterocycles. The third-order valence-corrected chi connectivity index (χ3v) is 4.14. The Labute approximate surface area is 147 Å². The minimum atomic E-state index is -0.293. The van der Waals surface area contributed by atoms with Crippen LogP contribution in [0.3, 0.4) is 0 Å². The molecule has 0 unspecified atom stereocenters. The summed E-state index contributed by atoms with van der Waals surface area (Å²) in [4.78, 5) is 12.0. The maximum atomic E-state index is 12.0. The second-order valence-electron chi connectivity index (χ2n) is 4.48. The quantitative estimate of drug-likeness (QED) is 0.528. The van der Waals surface area contributed by atoms with Crippen LogP contribution in [0.25, 0.3) is 0 Å². The van der Waals surface area contributed by atoms with Crippen LogP contribution in [0.4, 0.5) is 5.69 Å². The second-order valence-corrected chi connectivity index (χ2v) is 6.15. The van der Waals surface area contributed by atoms with Crippen molar-refractivity contribution in [2.24, 2.45) is 0 Å². The topological polar surface area (TPSA) is 53.2 Å². The van der Waals surface area contributed by atoms with Crippen molar-refractivity contribution in [2.75, 3.05) is 5.32 Å². The molecule has 0 fully saturated rings. The fourth-order valence-corrected chi connectivity index (χ4v) is 2.47. The predicted octanol–water partition coefficient (Wildman–Crippen LogP) is 4.04. The highest BCUT2D eigenvalue weighted by Gasteiger charge is 2.09. The minimum absolute atomic E-state index is 0.264. The molecule has 0 aromatic heterocycles. The number of hydrogen-bond acceptors (Lipinski definition) is 2. The summed E-state index contributed by atoms with van der Waals surface area (Å²) in [5.74, 6) is -0.293. The van der Waals surface area contributed by atoms with Crippen LogP contribution in [0.5, 0.6) is 0 Å². The van der Waals surface area contributed by atoms with Crippen LogP contribution in [-0.4, -0.2) is 11.0 Å². The number of carbonyl (C=O) groups is 1. The van der Waals surface area contributed by atoms with Gasteiger partial charge >= 0.3 is 0 Å². The van der Waals surface area contributed by atoms with E-state index in [0.717, 1.165) is 11.3 Å². The van der Waals surface area contributed by atoms with Crippen molar-refractivity contribution in [1.29, 1.82) is 0 Å². The van der Waals surface area contributed by atoms with Crippen LogP contribution < -0.4 is 16.2 Å². The first-order valence-corrected chi connectivity index (χ1v) is 7.93. The number of anilines is 1. The van der Waals surface area contributed by atoms with E-state index in [4.69, 9.17) is 23.8 Å². The lowest BCUT2D eigenvalue weighted by molar-refractivity contribution is 0.0943. The zero-order valence-electron chi connectivity index (χ0n) is 11.6. The first kappa shape index (κ1) is 16.7. The van der Waals surface area contributed by atoms with Crippen LogP contribution in [0.2, 0.25) is 5.02 Å². The lowest BCUT2D eigenvalue weighted by Gasteiger charge is -2.12. The van der Waals surface area contributed by atoms with E-state index < -0.39 is 0 Å². The van der Waals surface area contributed by atoms with Gasteiger partial charge in [-0.2, -0.15) is 0 Å². The van der Waals surface area contributed by atoms with Gasteiger partial charge in [0.2, 0.25) is 0 Å². The molecule has 2 aromatic rings. The molecular formula is C15H13BrClN3OS. The molecule has 3 N–H and O–H groups in total. The molecule has 0 aliphatic carbocycles. The summed E-state index contributed by atoms with van der Waals surface area (Å²) < 4.78 is 0.707. The zero-order valence-corrected chi connectivity index (χ0v) is 14.8. The van der Waals surface area contributed by atoms with Gasteiger partial charge in [-0.1, -0.05) is 29.8 Å². The number of amides is 1. The molecule has 4 nitrogen and oxygen atoms in total. The van der Waals surface area contributed by atoms with Crippen LogP contribution in [0, 0.1) is 6.92 Å². The zero-order chi connectivity index (χ0) is 16.1. The summed E-state index contributed by atoms with van der Waals surface area (Å²) >= 11 is 14.5. The first-order chi connectivity index (χ1) is 10.5. The van der Waals surface area contributed by atoms with Crippen LogP contribution in [-0.2, 0) is 0 Å². The molecule has 0 saturated heterocycles. The van der Waals surface area contributed by atoms with E-state index >= 15 is 0 Å². The van der Waals surface area contributed by atoms with Crippen molar-refractivity contribution in [2.45, 2.75) is 6.92 Å². The van der Waals surface area contributed by atoms with E-state index in [0.29, 0.717) is 15.1 Å². The third-order valence-electron chi connectivity index (χ3n) is 2.84. The highest BCUT2D eigenvalue weighted by Crippen LogP contribution is 2.19. The molecule has 2 aromatic carbocycles. The third kappa shape index (κ3) is 4.43. The normalized spacial score (nSPS) is 9.95. The van der Waals surface area contributed by atoms with Gasteiger partial charge in [-0.25, -0.2) is 0 Å². The first-order valence-electron chi connectivity index (χ1n) is 6.35. The van der Waals surface area contributed by atoms with Gasteiger partial charge in [0, 0.05) is 15.2 Å². The highest BCUT2D eigenvalue weighted by molar-refractivity contribution is 9.10. The Morgan fingerprint density at radius 2 is 1.91 bits per heavy atom. The number of rotatable bonds is 2. The molecule has 1 amide bonds. The minimum Gasteiger partial charge on any atom is -0.331 e. The van der Waals surface area contributed by atoms with E-state index in [9.17, 15) is 4.79 Å². The van der Waals surface area contributed by atoms with E-state index in [2.05, 4.69) is 32.1 Å². The molecule has 114 valence electrons. The van der Waals surface area contributed by atoms with Gasteiger partial charge < -0.3 is 5.32 Å². The van der Waals surface area contributed by atoms with Gasteiger partial charge in [-0.3, -0.25) is 15.6 Å². The number of thiocarbonyl (C=S) groups is 1. The van der Waals surface area contributed by atoms with Gasteiger partial charge in [0.15, 0.2) is 5.11 Å². The molecule has 0 saturated carbocycles. The summed E-state index contributed by atoms with van der Waals surface area (Å²) in [6.07, 6.45) is 0. The van der Waals surface area contributed by atoms with Crippen LogP contribution >= 0.6 is 39.7 Å². The van der Waals surface area contributed by atoms with Crippen LogP contribution in [0.15, 0.2) is 46.9 Å². The van der Waals surface area contributed by atoms with Crippen LogP contribution in [0.1, 0.15) is 15.9 Å². The number of hydrazine groups is 1. The van der Waals surface area contributed by atoms with Crippen molar-refractivity contribution in [3.05, 3.63) is 63.1 Å². The van der Waals surface area contributed by atoms with Gasteiger partial charge in [-0.05, 0) is 64.9 Å². The molecule has 0 aliphatic rings. The van der Waals surface area contributed by atoms with Crippen molar-refractivity contribution in [1.82, 2.24) is 10.9 Å². The molecule has 7 heteroatoms. The molecule has 0 aliphatic heterocycles. The summed E-state index contributed by atoms with van der Waals surface area (Å²) in [5, 5.41) is 3.85. The van der Waals surface area contributed by atoms with Crippen molar-refractivity contribution >= 4 is 56.5 Å². The molecule has 0 spiro atoms. The maximum Gasteiger partial charge on any atom is 0.270 e. The van der Waals surface area contributed by atoms with Gasteiger partial charge in [0.25, 0.3) is 5.91 Å². The van der Waals surface area contributed by atoms with E-state index in [1.54, 1.807) is 24.3 Å². The average molecular weight is 399 g/mol. The summed E-state index contributed by atoms with van der Waals surface area (Å²) in [6.45, 7) is 1.92. The fourth-order valence-electron chi connectivity index (χ4n) is 1.66. The van der Waals surface area contributed by atoms with Crippen molar-refractivity contribution in [3.63, 3.8) is 0 Å². The Morgan fingerprint density at radius 1 is 1.18 bits per heavy atom. The molecular weight excluding hydrogens is 386 g/mol. The molecule has 0 radical (unpaired) electrons. The SMILES string of the molecule is Cc1ccc(NC(=S)NNC(=O)c2ccccc2Br)cc1Cl. The Bertz CT molecular complexity index is 724. The fraction of sp³-hybridized carbons (Fsp3) is 0.0667. The summed E-state index contributed by atoms with van der Waals surface area (Å²) in [6, 6.07) is 12.6. The van der Waals surface area contributed by atoms with Gasteiger partial charge in [-0.15, -0.1) is 0 Å². The largest absolute Gasteiger partial charge is 0.331 e. The molecule has 22 heavy (non-hydrogen) atoms. The summed E-state index contributed by atoms with van der Waals surface area (Å²) in [5.41, 5.74) is 7.41. The van der Waals surface area contributed by atoms with E-state index in [-0.39, 0.29) is 11.0 Å². The summed E-state index contributed by atoms with van der Waals surface area (Å²) in [7, 11) is 0. The number of nitrogens with one attached hydrogen (secondary N) is 3. The number of hydrogen-bond donors (Lipinski definition) is 3. The van der Waals surface area contributed by atoms with Gasteiger partial charge in [0.05, 0.1) is 5.56 Å².